The molecule has 2 aromatic rings. The summed E-state index contributed by atoms with van der Waals surface area (Å²) in [6.07, 6.45) is 1.51. The molecule has 0 aliphatic carbocycles. The van der Waals surface area contributed by atoms with E-state index in [1.54, 1.807) is 30.3 Å². The molecule has 1 aromatic heterocycles. The number of anilines is 1. The fourth-order valence-corrected chi connectivity index (χ4v) is 1.25. The highest BCUT2D eigenvalue weighted by molar-refractivity contribution is 5.32. The number of nitrogens with two attached hydrogens (primary N) is 1. The lowest BCUT2D eigenvalue weighted by molar-refractivity contribution is 0.299. The predicted octanol–water partition coefficient (Wildman–Crippen LogP) is 2.38. The van der Waals surface area contributed by atoms with Crippen molar-refractivity contribution in [2.24, 2.45) is 0 Å². The van der Waals surface area contributed by atoms with E-state index in [0.29, 0.717) is 17.1 Å². The van der Waals surface area contributed by atoms with E-state index in [1.165, 1.54) is 12.3 Å². The van der Waals surface area contributed by atoms with Gasteiger partial charge in [-0.05, 0) is 18.2 Å². The van der Waals surface area contributed by atoms with Crippen LogP contribution in [0, 0.1) is 5.82 Å². The fourth-order valence-electron chi connectivity index (χ4n) is 1.25. The molecule has 2 rings (SSSR count). The highest BCUT2D eigenvalue weighted by atomic mass is 19.1. The third-order valence-corrected chi connectivity index (χ3v) is 2.11. The predicted molar refractivity (Wildman–Crippen MR) is 59.4 cm³/mol. The molecule has 0 fully saturated rings. The first kappa shape index (κ1) is 10.4. The third kappa shape index (κ3) is 2.48. The van der Waals surface area contributed by atoms with Gasteiger partial charge in [0.05, 0.1) is 6.20 Å². The second-order valence-electron chi connectivity index (χ2n) is 3.30. The molecule has 1 heterocycles. The van der Waals surface area contributed by atoms with Crippen LogP contribution >= 0.6 is 0 Å². The molecule has 4 heteroatoms. The van der Waals surface area contributed by atoms with Crippen LogP contribution in [0.4, 0.5) is 10.2 Å². The van der Waals surface area contributed by atoms with Gasteiger partial charge in [-0.1, -0.05) is 18.2 Å². The highest BCUT2D eigenvalue weighted by Crippen LogP contribution is 2.14. The summed E-state index contributed by atoms with van der Waals surface area (Å²) in [6.45, 7) is 0.179. The lowest BCUT2D eigenvalue weighted by Crippen LogP contribution is -1.99. The number of aromatic nitrogens is 1. The number of hydrogen-bond acceptors (Lipinski definition) is 3. The van der Waals surface area contributed by atoms with E-state index in [4.69, 9.17) is 10.5 Å². The Bertz CT molecular complexity index is 471. The molecule has 1 aromatic carbocycles. The minimum Gasteiger partial charge on any atom is -0.487 e. The van der Waals surface area contributed by atoms with E-state index in [2.05, 4.69) is 4.98 Å². The van der Waals surface area contributed by atoms with Crippen molar-refractivity contribution in [3.8, 4) is 5.75 Å². The van der Waals surface area contributed by atoms with Gasteiger partial charge in [-0.15, -0.1) is 0 Å². The van der Waals surface area contributed by atoms with E-state index in [0.717, 1.165) is 0 Å². The molecular weight excluding hydrogens is 207 g/mol. The standard InChI is InChI=1S/C12H11FN2O/c13-11-4-2-1-3-9(11)8-16-10-5-6-12(14)15-7-10/h1-7H,8H2,(H2,14,15). The Kier molecular flexibility index (Phi) is 3.00. The zero-order valence-electron chi connectivity index (χ0n) is 8.56. The Morgan fingerprint density at radius 1 is 1.19 bits per heavy atom. The van der Waals surface area contributed by atoms with Crippen molar-refractivity contribution in [3.63, 3.8) is 0 Å². The number of hydrogen-bond donors (Lipinski definition) is 1. The first-order valence-corrected chi connectivity index (χ1v) is 4.83. The van der Waals surface area contributed by atoms with E-state index in [-0.39, 0.29) is 12.4 Å². The van der Waals surface area contributed by atoms with Crippen LogP contribution in [0.2, 0.25) is 0 Å². The van der Waals surface area contributed by atoms with E-state index < -0.39 is 0 Å². The summed E-state index contributed by atoms with van der Waals surface area (Å²) in [5, 5.41) is 0. The Balaban J connectivity index is 2.02. The number of nitrogen functional groups attached to an aromatic ring is 1. The normalized spacial score (nSPS) is 10.1. The quantitative estimate of drug-likeness (QED) is 0.860. The average molecular weight is 218 g/mol. The van der Waals surface area contributed by atoms with Crippen molar-refractivity contribution in [1.82, 2.24) is 4.98 Å². The summed E-state index contributed by atoms with van der Waals surface area (Å²) in [6, 6.07) is 9.83. The van der Waals surface area contributed by atoms with Crippen LogP contribution < -0.4 is 10.5 Å². The number of halogens is 1. The maximum Gasteiger partial charge on any atom is 0.138 e. The SMILES string of the molecule is Nc1ccc(OCc2ccccc2F)cn1. The molecule has 0 aliphatic rings. The van der Waals surface area contributed by atoms with Crippen molar-refractivity contribution in [3.05, 3.63) is 54.0 Å². The van der Waals surface area contributed by atoms with Crippen LogP contribution in [-0.4, -0.2) is 4.98 Å². The summed E-state index contributed by atoms with van der Waals surface area (Å²) < 4.78 is 18.6. The zero-order valence-corrected chi connectivity index (χ0v) is 8.56. The first-order valence-electron chi connectivity index (χ1n) is 4.83. The van der Waals surface area contributed by atoms with Crippen molar-refractivity contribution in [2.75, 3.05) is 5.73 Å². The molecule has 82 valence electrons. The summed E-state index contributed by atoms with van der Waals surface area (Å²) in [7, 11) is 0. The van der Waals surface area contributed by atoms with Crippen molar-refractivity contribution >= 4 is 5.82 Å². The Hall–Kier alpha value is -2.10. The molecule has 0 amide bonds. The average Bonchev–Trinajstić information content (AvgIpc) is 2.30. The fraction of sp³-hybridized carbons (Fsp3) is 0.0833. The summed E-state index contributed by atoms with van der Waals surface area (Å²) in [4.78, 5) is 3.87. The Labute approximate surface area is 92.7 Å². The maximum absolute atomic E-state index is 13.2. The largest absolute Gasteiger partial charge is 0.487 e. The molecule has 3 nitrogen and oxygen atoms in total. The minimum absolute atomic E-state index is 0.179. The number of pyridine rings is 1. The van der Waals surface area contributed by atoms with Crippen molar-refractivity contribution < 1.29 is 9.13 Å². The smallest absolute Gasteiger partial charge is 0.138 e. The van der Waals surface area contributed by atoms with Gasteiger partial charge >= 0.3 is 0 Å². The first-order chi connectivity index (χ1) is 7.75. The monoisotopic (exact) mass is 218 g/mol. The van der Waals surface area contributed by atoms with Gasteiger partial charge in [0.25, 0.3) is 0 Å². The van der Waals surface area contributed by atoms with Gasteiger partial charge in [0, 0.05) is 5.56 Å². The van der Waals surface area contributed by atoms with E-state index in [9.17, 15) is 4.39 Å². The molecule has 0 saturated carbocycles. The maximum atomic E-state index is 13.2. The molecule has 0 radical (unpaired) electrons. The number of rotatable bonds is 3. The van der Waals surface area contributed by atoms with Gasteiger partial charge in [-0.25, -0.2) is 9.37 Å². The second-order valence-corrected chi connectivity index (χ2v) is 3.30. The lowest BCUT2D eigenvalue weighted by Gasteiger charge is -2.06. The molecule has 0 aliphatic heterocycles. The third-order valence-electron chi connectivity index (χ3n) is 2.11. The van der Waals surface area contributed by atoms with Crippen LogP contribution in [-0.2, 0) is 6.61 Å². The van der Waals surface area contributed by atoms with Gasteiger partial charge in [-0.2, -0.15) is 0 Å². The van der Waals surface area contributed by atoms with Gasteiger partial charge in [0.2, 0.25) is 0 Å². The zero-order chi connectivity index (χ0) is 11.4. The summed E-state index contributed by atoms with van der Waals surface area (Å²) >= 11 is 0. The number of benzene rings is 1. The van der Waals surface area contributed by atoms with Gasteiger partial charge in [0.1, 0.15) is 24.0 Å². The van der Waals surface area contributed by atoms with Gasteiger partial charge in [-0.3, -0.25) is 0 Å². The summed E-state index contributed by atoms with van der Waals surface area (Å²) in [5.41, 5.74) is 5.94. The molecule has 0 spiro atoms. The second kappa shape index (κ2) is 4.61. The minimum atomic E-state index is -0.272. The number of ether oxygens (including phenoxy) is 1. The topological polar surface area (TPSA) is 48.1 Å². The molecular formula is C12H11FN2O. The Morgan fingerprint density at radius 2 is 2.00 bits per heavy atom. The summed E-state index contributed by atoms with van der Waals surface area (Å²) in [5.74, 6) is 0.724. The molecule has 0 saturated heterocycles. The van der Waals surface area contributed by atoms with Crippen molar-refractivity contribution in [2.45, 2.75) is 6.61 Å². The van der Waals surface area contributed by atoms with E-state index in [1.807, 2.05) is 0 Å². The molecule has 0 bridgehead atoms. The van der Waals surface area contributed by atoms with Crippen LogP contribution in [0.15, 0.2) is 42.6 Å². The molecule has 2 N–H and O–H groups in total. The van der Waals surface area contributed by atoms with E-state index >= 15 is 0 Å². The molecule has 0 atom stereocenters. The van der Waals surface area contributed by atoms with Crippen LogP contribution in [0.1, 0.15) is 5.56 Å². The Morgan fingerprint density at radius 3 is 2.69 bits per heavy atom. The van der Waals surface area contributed by atoms with Crippen molar-refractivity contribution in [1.29, 1.82) is 0 Å². The van der Waals surface area contributed by atoms with Crippen LogP contribution in [0.25, 0.3) is 0 Å². The lowest BCUT2D eigenvalue weighted by atomic mass is 10.2. The molecule has 0 unspecified atom stereocenters. The van der Waals surface area contributed by atoms with Crippen LogP contribution in [0.3, 0.4) is 0 Å². The van der Waals surface area contributed by atoms with Gasteiger partial charge < -0.3 is 10.5 Å². The van der Waals surface area contributed by atoms with Gasteiger partial charge in [0.15, 0.2) is 0 Å². The van der Waals surface area contributed by atoms with Crippen LogP contribution in [0.5, 0.6) is 5.75 Å². The highest BCUT2D eigenvalue weighted by Gasteiger charge is 2.01. The molecule has 16 heavy (non-hydrogen) atoms. The number of nitrogens with zero attached hydrogens (tertiary/aromatic N) is 1.